The van der Waals surface area contributed by atoms with E-state index in [0.717, 1.165) is 12.1 Å². The molecule has 0 fully saturated rings. The van der Waals surface area contributed by atoms with Gasteiger partial charge < -0.3 is 10.1 Å². The maximum absolute atomic E-state index is 11.9. The van der Waals surface area contributed by atoms with Crippen molar-refractivity contribution in [2.24, 2.45) is 0 Å². The molecule has 1 aromatic carbocycles. The van der Waals surface area contributed by atoms with Crippen LogP contribution in [0.1, 0.15) is 25.5 Å². The van der Waals surface area contributed by atoms with E-state index in [0.29, 0.717) is 10.8 Å². The normalized spacial score (nSPS) is 13.3. The molecule has 0 aliphatic carbocycles. The third kappa shape index (κ3) is 6.24. The smallest absolute Gasteiger partial charge is 0.441 e. The average molecular weight is 328 g/mol. The summed E-state index contributed by atoms with van der Waals surface area (Å²) in [5, 5.41) is 3.66. The van der Waals surface area contributed by atoms with E-state index in [2.05, 4.69) is 5.32 Å². The van der Waals surface area contributed by atoms with E-state index in [1.54, 1.807) is 12.1 Å². The Morgan fingerprint density at radius 3 is 2.65 bits per heavy atom. The van der Waals surface area contributed by atoms with Crippen molar-refractivity contribution < 1.29 is 17.9 Å². The Labute approximate surface area is 126 Å². The zero-order valence-electron chi connectivity index (χ0n) is 11.3. The number of benzene rings is 1. The SMILES string of the molecule is CCNC(C)c1ccc(OCCSC(F)(F)F)c(Cl)c1. The topological polar surface area (TPSA) is 21.3 Å². The molecule has 114 valence electrons. The number of ether oxygens (including phenoxy) is 1. The van der Waals surface area contributed by atoms with Crippen LogP contribution in [0.5, 0.6) is 5.75 Å². The predicted molar refractivity (Wildman–Crippen MR) is 77.6 cm³/mol. The second kappa shape index (κ2) is 8.00. The summed E-state index contributed by atoms with van der Waals surface area (Å²) in [6.45, 7) is 4.82. The summed E-state index contributed by atoms with van der Waals surface area (Å²) in [4.78, 5) is 0. The number of hydrogen-bond donors (Lipinski definition) is 1. The van der Waals surface area contributed by atoms with Crippen molar-refractivity contribution in [2.45, 2.75) is 25.4 Å². The van der Waals surface area contributed by atoms with Crippen molar-refractivity contribution in [1.82, 2.24) is 5.32 Å². The highest BCUT2D eigenvalue weighted by molar-refractivity contribution is 8.00. The molecule has 7 heteroatoms. The molecule has 1 aromatic rings. The molecule has 1 unspecified atom stereocenters. The van der Waals surface area contributed by atoms with Gasteiger partial charge in [0.05, 0.1) is 11.6 Å². The fourth-order valence-electron chi connectivity index (χ4n) is 1.64. The van der Waals surface area contributed by atoms with Crippen LogP contribution in [0.25, 0.3) is 0 Å². The summed E-state index contributed by atoms with van der Waals surface area (Å²) in [6.07, 6.45) is 0. The molecule has 20 heavy (non-hydrogen) atoms. The quantitative estimate of drug-likeness (QED) is 0.737. The molecule has 0 saturated carbocycles. The van der Waals surface area contributed by atoms with Crippen molar-refractivity contribution in [2.75, 3.05) is 18.9 Å². The second-order valence-electron chi connectivity index (χ2n) is 4.11. The van der Waals surface area contributed by atoms with Gasteiger partial charge in [0.25, 0.3) is 0 Å². The molecule has 1 N–H and O–H groups in total. The lowest BCUT2D eigenvalue weighted by Gasteiger charge is -2.15. The molecular formula is C13H17ClF3NOS. The van der Waals surface area contributed by atoms with Gasteiger partial charge in [-0.1, -0.05) is 24.6 Å². The second-order valence-corrected chi connectivity index (χ2v) is 5.68. The van der Waals surface area contributed by atoms with E-state index < -0.39 is 5.51 Å². The fourth-order valence-corrected chi connectivity index (χ4v) is 2.28. The molecule has 1 atom stereocenters. The van der Waals surface area contributed by atoms with Gasteiger partial charge in [0, 0.05) is 11.8 Å². The number of halogens is 4. The average Bonchev–Trinajstić information content (AvgIpc) is 2.35. The zero-order chi connectivity index (χ0) is 15.2. The zero-order valence-corrected chi connectivity index (χ0v) is 12.8. The van der Waals surface area contributed by atoms with Crippen molar-refractivity contribution in [1.29, 1.82) is 0 Å². The van der Waals surface area contributed by atoms with E-state index in [-0.39, 0.29) is 30.2 Å². The van der Waals surface area contributed by atoms with E-state index in [4.69, 9.17) is 16.3 Å². The first-order chi connectivity index (χ1) is 9.33. The largest absolute Gasteiger partial charge is 0.491 e. The molecular weight excluding hydrogens is 311 g/mol. The summed E-state index contributed by atoms with van der Waals surface area (Å²) >= 11 is 5.96. The van der Waals surface area contributed by atoms with Crippen LogP contribution in [0.15, 0.2) is 18.2 Å². The molecule has 0 spiro atoms. The molecule has 0 aromatic heterocycles. The van der Waals surface area contributed by atoms with Crippen LogP contribution in [0.3, 0.4) is 0 Å². The Kier molecular flexibility index (Phi) is 6.99. The lowest BCUT2D eigenvalue weighted by atomic mass is 10.1. The minimum atomic E-state index is -4.22. The number of rotatable bonds is 7. The standard InChI is InChI=1S/C13H17ClF3NOS/c1-3-18-9(2)10-4-5-12(11(14)8-10)19-6-7-20-13(15,16)17/h4-5,8-9,18H,3,6-7H2,1-2H3. The first-order valence-corrected chi connectivity index (χ1v) is 7.56. The lowest BCUT2D eigenvalue weighted by molar-refractivity contribution is -0.0329. The van der Waals surface area contributed by atoms with Crippen LogP contribution < -0.4 is 10.1 Å². The summed E-state index contributed by atoms with van der Waals surface area (Å²) in [5.74, 6) is 0.247. The number of hydrogen-bond acceptors (Lipinski definition) is 3. The highest BCUT2D eigenvalue weighted by Gasteiger charge is 2.27. The molecule has 1 rings (SSSR count). The van der Waals surface area contributed by atoms with Crippen LogP contribution in [0, 0.1) is 0 Å². The Morgan fingerprint density at radius 2 is 2.10 bits per heavy atom. The van der Waals surface area contributed by atoms with Crippen LogP contribution in [-0.4, -0.2) is 24.4 Å². The summed E-state index contributed by atoms with van der Waals surface area (Å²) in [6, 6.07) is 5.46. The number of nitrogens with one attached hydrogen (secondary N) is 1. The van der Waals surface area contributed by atoms with Gasteiger partial charge in [0.1, 0.15) is 5.75 Å². The highest BCUT2D eigenvalue weighted by Crippen LogP contribution is 2.31. The molecule has 0 saturated heterocycles. The van der Waals surface area contributed by atoms with Gasteiger partial charge in [0.2, 0.25) is 0 Å². The molecule has 0 aliphatic heterocycles. The molecule has 0 amide bonds. The molecule has 0 bridgehead atoms. The Balaban J connectivity index is 2.52. The van der Waals surface area contributed by atoms with E-state index in [1.807, 2.05) is 19.9 Å². The Bertz CT molecular complexity index is 429. The first kappa shape index (κ1) is 17.5. The minimum Gasteiger partial charge on any atom is -0.491 e. The van der Waals surface area contributed by atoms with Gasteiger partial charge in [-0.15, -0.1) is 0 Å². The first-order valence-electron chi connectivity index (χ1n) is 6.19. The minimum absolute atomic E-state index is 0.0357. The predicted octanol–water partition coefficient (Wildman–Crippen LogP) is 4.64. The van der Waals surface area contributed by atoms with Crippen molar-refractivity contribution in [3.8, 4) is 5.75 Å². The third-order valence-electron chi connectivity index (χ3n) is 2.57. The van der Waals surface area contributed by atoms with Crippen LogP contribution in [0.4, 0.5) is 13.2 Å². The molecule has 0 radical (unpaired) electrons. The number of alkyl halides is 3. The lowest BCUT2D eigenvalue weighted by Crippen LogP contribution is -2.17. The maximum atomic E-state index is 11.9. The van der Waals surface area contributed by atoms with E-state index >= 15 is 0 Å². The Hall–Kier alpha value is -0.590. The third-order valence-corrected chi connectivity index (χ3v) is 3.57. The van der Waals surface area contributed by atoms with Gasteiger partial charge in [-0.2, -0.15) is 13.2 Å². The Morgan fingerprint density at radius 1 is 1.40 bits per heavy atom. The summed E-state index contributed by atoms with van der Waals surface area (Å²) in [7, 11) is 0. The molecule has 0 aliphatic rings. The van der Waals surface area contributed by atoms with Gasteiger partial charge in [-0.3, -0.25) is 0 Å². The van der Waals surface area contributed by atoms with Crippen LogP contribution >= 0.6 is 23.4 Å². The maximum Gasteiger partial charge on any atom is 0.441 e. The van der Waals surface area contributed by atoms with Gasteiger partial charge >= 0.3 is 5.51 Å². The fraction of sp³-hybridized carbons (Fsp3) is 0.538. The summed E-state index contributed by atoms with van der Waals surface area (Å²) in [5.41, 5.74) is -3.22. The van der Waals surface area contributed by atoms with Crippen molar-refractivity contribution in [3.63, 3.8) is 0 Å². The van der Waals surface area contributed by atoms with Crippen molar-refractivity contribution in [3.05, 3.63) is 28.8 Å². The highest BCUT2D eigenvalue weighted by atomic mass is 35.5. The molecule has 2 nitrogen and oxygen atoms in total. The summed E-state index contributed by atoms with van der Waals surface area (Å²) < 4.78 is 41.1. The van der Waals surface area contributed by atoms with Gasteiger partial charge in [-0.05, 0) is 42.9 Å². The van der Waals surface area contributed by atoms with Crippen LogP contribution in [-0.2, 0) is 0 Å². The van der Waals surface area contributed by atoms with E-state index in [1.165, 1.54) is 0 Å². The van der Waals surface area contributed by atoms with Crippen LogP contribution in [0.2, 0.25) is 5.02 Å². The number of thioether (sulfide) groups is 1. The van der Waals surface area contributed by atoms with Gasteiger partial charge in [0.15, 0.2) is 0 Å². The monoisotopic (exact) mass is 327 g/mol. The van der Waals surface area contributed by atoms with E-state index in [9.17, 15) is 13.2 Å². The molecule has 0 heterocycles. The van der Waals surface area contributed by atoms with Gasteiger partial charge in [-0.25, -0.2) is 0 Å². The van der Waals surface area contributed by atoms with Crippen molar-refractivity contribution >= 4 is 23.4 Å².